The maximum atomic E-state index is 6.13. The Labute approximate surface area is 166 Å². The van der Waals surface area contributed by atoms with E-state index in [2.05, 4.69) is 0 Å². The summed E-state index contributed by atoms with van der Waals surface area (Å²) >= 11 is 29.5. The zero-order valence-electron chi connectivity index (χ0n) is 12.5. The highest BCUT2D eigenvalue weighted by Crippen LogP contribution is 2.52. The maximum Gasteiger partial charge on any atom is 0.435 e. The minimum Gasteiger partial charge on any atom is -0.414 e. The molecule has 0 aliphatic heterocycles. The first-order chi connectivity index (χ1) is 11.3. The molecule has 0 saturated heterocycles. The predicted molar refractivity (Wildman–Crippen MR) is 105 cm³/mol. The van der Waals surface area contributed by atoms with Crippen molar-refractivity contribution in [3.63, 3.8) is 0 Å². The van der Waals surface area contributed by atoms with Gasteiger partial charge < -0.3 is 9.05 Å². The molecule has 3 nitrogen and oxygen atoms in total. The van der Waals surface area contributed by atoms with Crippen molar-refractivity contribution in [1.29, 1.82) is 0 Å². The van der Waals surface area contributed by atoms with Gasteiger partial charge in [0.2, 0.25) is 0 Å². The lowest BCUT2D eigenvalue weighted by atomic mass is 10.3. The minimum atomic E-state index is -3.19. The van der Waals surface area contributed by atoms with E-state index in [0.717, 1.165) is 6.42 Å². The third-order valence-corrected chi connectivity index (χ3v) is 5.83. The molecule has 0 aliphatic rings. The fourth-order valence-corrected chi connectivity index (χ4v) is 4.67. The van der Waals surface area contributed by atoms with Crippen LogP contribution in [0.15, 0.2) is 36.4 Å². The van der Waals surface area contributed by atoms with Crippen molar-refractivity contribution in [3.8, 4) is 11.5 Å². The number of hydrogen-bond donors (Lipinski definition) is 0. The van der Waals surface area contributed by atoms with E-state index in [4.69, 9.17) is 71.8 Å². The number of rotatable bonds is 7. The molecule has 130 valence electrons. The van der Waals surface area contributed by atoms with Crippen LogP contribution in [0.2, 0.25) is 20.1 Å². The van der Waals surface area contributed by atoms with Crippen LogP contribution in [0.5, 0.6) is 11.5 Å². The van der Waals surface area contributed by atoms with Crippen LogP contribution in [0, 0.1) is 0 Å². The Morgan fingerprint density at radius 3 is 1.71 bits per heavy atom. The number of hydrogen-bond acceptors (Lipinski definition) is 4. The number of benzene rings is 2. The van der Waals surface area contributed by atoms with Crippen molar-refractivity contribution >= 4 is 64.9 Å². The summed E-state index contributed by atoms with van der Waals surface area (Å²) in [7, 11) is 0. The Morgan fingerprint density at radius 2 is 1.33 bits per heavy atom. The van der Waals surface area contributed by atoms with E-state index in [0.29, 0.717) is 38.2 Å². The van der Waals surface area contributed by atoms with Gasteiger partial charge >= 0.3 is 6.72 Å². The van der Waals surface area contributed by atoms with E-state index < -0.39 is 6.72 Å². The first-order valence-electron chi connectivity index (χ1n) is 6.87. The van der Waals surface area contributed by atoms with Crippen LogP contribution in [-0.4, -0.2) is 6.61 Å². The summed E-state index contributed by atoms with van der Waals surface area (Å²) in [6.07, 6.45) is 0.744. The molecule has 0 spiro atoms. The van der Waals surface area contributed by atoms with E-state index in [-0.39, 0.29) is 0 Å². The molecule has 0 amide bonds. The van der Waals surface area contributed by atoms with E-state index in [1.807, 2.05) is 6.92 Å². The normalized spacial score (nSPS) is 11.4. The first kappa shape index (κ1) is 20.1. The van der Waals surface area contributed by atoms with Crippen molar-refractivity contribution in [2.24, 2.45) is 0 Å². The Morgan fingerprint density at radius 1 is 0.875 bits per heavy atom. The lowest BCUT2D eigenvalue weighted by Gasteiger charge is -2.23. The average molecular weight is 446 g/mol. The smallest absolute Gasteiger partial charge is 0.414 e. The molecule has 0 bridgehead atoms. The monoisotopic (exact) mass is 444 g/mol. The van der Waals surface area contributed by atoms with E-state index in [1.54, 1.807) is 36.4 Å². The van der Waals surface area contributed by atoms with Crippen LogP contribution >= 0.6 is 53.1 Å². The van der Waals surface area contributed by atoms with Crippen LogP contribution < -0.4 is 9.05 Å². The van der Waals surface area contributed by atoms with Gasteiger partial charge in [-0.2, -0.15) is 0 Å². The van der Waals surface area contributed by atoms with Gasteiger partial charge in [-0.05, 0) is 42.8 Å². The molecule has 9 heteroatoms. The molecule has 0 radical (unpaired) electrons. The highest BCUT2D eigenvalue weighted by molar-refractivity contribution is 8.07. The zero-order chi connectivity index (χ0) is 17.7. The van der Waals surface area contributed by atoms with Gasteiger partial charge in [0.1, 0.15) is 11.5 Å². The first-order valence-corrected chi connectivity index (χ1v) is 10.9. The second-order valence-corrected chi connectivity index (χ2v) is 9.16. The van der Waals surface area contributed by atoms with Crippen LogP contribution in [-0.2, 0) is 16.3 Å². The van der Waals surface area contributed by atoms with Crippen molar-refractivity contribution in [2.75, 3.05) is 6.61 Å². The van der Waals surface area contributed by atoms with Crippen molar-refractivity contribution in [3.05, 3.63) is 56.5 Å². The molecule has 0 aromatic heterocycles. The third-order valence-electron chi connectivity index (χ3n) is 2.66. The molecule has 0 aliphatic carbocycles. The summed E-state index contributed by atoms with van der Waals surface area (Å²) in [6.45, 7) is -0.868. The van der Waals surface area contributed by atoms with E-state index in [9.17, 15) is 0 Å². The van der Waals surface area contributed by atoms with Gasteiger partial charge in [-0.15, -0.1) is 0 Å². The SMILES string of the molecule is CCCOP(=S)(Oc1ccc(Cl)cc1Cl)Oc1ccc(Cl)cc1Cl. The fraction of sp³-hybridized carbons (Fsp3) is 0.200. The fourth-order valence-electron chi connectivity index (χ4n) is 1.61. The molecule has 0 N–H and O–H groups in total. The van der Waals surface area contributed by atoms with Gasteiger partial charge in [-0.3, -0.25) is 4.52 Å². The van der Waals surface area contributed by atoms with Gasteiger partial charge in [-0.1, -0.05) is 53.3 Å². The van der Waals surface area contributed by atoms with Gasteiger partial charge in [0.05, 0.1) is 16.7 Å². The maximum absolute atomic E-state index is 6.13. The second-order valence-electron chi connectivity index (χ2n) is 4.61. The molecule has 0 heterocycles. The largest absolute Gasteiger partial charge is 0.435 e. The molecule has 2 aromatic carbocycles. The Kier molecular flexibility index (Phi) is 7.51. The summed E-state index contributed by atoms with van der Waals surface area (Å²) in [5, 5.41) is 1.58. The molecule has 2 rings (SSSR count). The lowest BCUT2D eigenvalue weighted by Crippen LogP contribution is -2.06. The molecular weight excluding hydrogens is 433 g/mol. The van der Waals surface area contributed by atoms with Crippen LogP contribution in [0.4, 0.5) is 0 Å². The Bertz CT molecular complexity index is 715. The minimum absolute atomic E-state index is 0.308. The van der Waals surface area contributed by atoms with Crippen molar-refractivity contribution < 1.29 is 13.6 Å². The molecule has 0 atom stereocenters. The average Bonchev–Trinajstić information content (AvgIpc) is 2.51. The molecule has 2 aromatic rings. The standard InChI is InChI=1S/C15H13Cl4O3PS/c1-2-7-20-23(24,21-14-5-3-10(16)8-12(14)18)22-15-6-4-11(17)9-13(15)19/h3-6,8-9H,2,7H2,1H3. The Hall–Kier alpha value is -0.190. The van der Waals surface area contributed by atoms with Crippen LogP contribution in [0.25, 0.3) is 0 Å². The molecular formula is C15H13Cl4O3PS. The zero-order valence-corrected chi connectivity index (χ0v) is 17.2. The predicted octanol–water partition coefficient (Wildman–Crippen LogP) is 7.41. The molecule has 0 saturated carbocycles. The summed E-state index contributed by atoms with van der Waals surface area (Å²) in [4.78, 5) is 0. The van der Waals surface area contributed by atoms with Gasteiger partial charge in [0, 0.05) is 21.9 Å². The van der Waals surface area contributed by atoms with E-state index in [1.165, 1.54) is 0 Å². The van der Waals surface area contributed by atoms with Crippen molar-refractivity contribution in [1.82, 2.24) is 0 Å². The van der Waals surface area contributed by atoms with Gasteiger partial charge in [0.15, 0.2) is 0 Å². The topological polar surface area (TPSA) is 27.7 Å². The van der Waals surface area contributed by atoms with Crippen LogP contribution in [0.3, 0.4) is 0 Å². The van der Waals surface area contributed by atoms with Gasteiger partial charge in [0.25, 0.3) is 0 Å². The van der Waals surface area contributed by atoms with Crippen LogP contribution in [0.1, 0.15) is 13.3 Å². The highest BCUT2D eigenvalue weighted by atomic mass is 35.5. The number of halogens is 4. The van der Waals surface area contributed by atoms with E-state index >= 15 is 0 Å². The summed E-state index contributed by atoms with van der Waals surface area (Å²) in [5.74, 6) is 0.649. The summed E-state index contributed by atoms with van der Waals surface area (Å²) < 4.78 is 17.2. The van der Waals surface area contributed by atoms with Crippen molar-refractivity contribution in [2.45, 2.75) is 13.3 Å². The third kappa shape index (κ3) is 5.67. The Balaban J connectivity index is 2.29. The summed E-state index contributed by atoms with van der Waals surface area (Å²) in [5.41, 5.74) is 0. The quantitative estimate of drug-likeness (QED) is 0.414. The second kappa shape index (κ2) is 8.95. The summed E-state index contributed by atoms with van der Waals surface area (Å²) in [6, 6.07) is 9.58. The van der Waals surface area contributed by atoms with Gasteiger partial charge in [-0.25, -0.2) is 0 Å². The molecule has 0 fully saturated rings. The highest BCUT2D eigenvalue weighted by Gasteiger charge is 2.26. The lowest BCUT2D eigenvalue weighted by molar-refractivity contribution is 0.262. The molecule has 24 heavy (non-hydrogen) atoms. The molecule has 0 unspecified atom stereocenters.